The van der Waals surface area contributed by atoms with E-state index in [1.54, 1.807) is 15.5 Å². The highest BCUT2D eigenvalue weighted by Gasteiger charge is 2.44. The Kier molecular flexibility index (Phi) is 9.00. The zero-order chi connectivity index (χ0) is 32.9. The second-order valence-electron chi connectivity index (χ2n) is 13.8. The number of nitriles is 1. The lowest BCUT2D eigenvalue weighted by Gasteiger charge is -2.38. The van der Waals surface area contributed by atoms with Crippen LogP contribution in [0.3, 0.4) is 0 Å². The number of benzene rings is 1. The number of nitrogens with zero attached hydrogens (tertiary/aromatic N) is 6. The van der Waals surface area contributed by atoms with E-state index in [4.69, 9.17) is 26.1 Å². The molecular formula is C31H42ClN7O4SSi. The maximum absolute atomic E-state index is 13.9. The van der Waals surface area contributed by atoms with Crippen molar-refractivity contribution in [3.8, 4) is 6.07 Å². The largest absolute Gasteiger partial charge is 0.411 e. The maximum atomic E-state index is 13.9. The first-order valence-corrected chi connectivity index (χ1v) is 20.4. The van der Waals surface area contributed by atoms with E-state index in [9.17, 15) is 18.5 Å². The smallest absolute Gasteiger partial charge is 0.256 e. The number of carbonyl (C=O) groups is 1. The number of aryl methyl sites for hydroxylation is 1. The van der Waals surface area contributed by atoms with Crippen LogP contribution >= 0.6 is 11.6 Å². The first kappa shape index (κ1) is 33.2. The summed E-state index contributed by atoms with van der Waals surface area (Å²) in [6.07, 6.45) is 5.24. The van der Waals surface area contributed by atoms with Crippen molar-refractivity contribution in [3.63, 3.8) is 0 Å². The number of amides is 1. The van der Waals surface area contributed by atoms with Crippen LogP contribution in [0.5, 0.6) is 0 Å². The summed E-state index contributed by atoms with van der Waals surface area (Å²) >= 11 is 6.24. The first-order chi connectivity index (χ1) is 21.0. The summed E-state index contributed by atoms with van der Waals surface area (Å²) in [5, 5.41) is 15.2. The van der Waals surface area contributed by atoms with Gasteiger partial charge < -0.3 is 14.2 Å². The number of hydrogen-bond acceptors (Lipinski definition) is 8. The molecule has 2 aromatic heterocycles. The van der Waals surface area contributed by atoms with Crippen LogP contribution in [0.1, 0.15) is 67.7 Å². The monoisotopic (exact) mass is 671 g/mol. The van der Waals surface area contributed by atoms with Crippen molar-refractivity contribution < 1.29 is 17.6 Å². The highest BCUT2D eigenvalue weighted by Crippen LogP contribution is 2.40. The molecule has 2 aliphatic heterocycles. The number of nitrogens with one attached hydrogen (secondary N) is 1. The lowest BCUT2D eigenvalue weighted by atomic mass is 9.98. The number of carbonyl (C=O) groups excluding carboxylic acids is 1. The number of sulfonamides is 1. The van der Waals surface area contributed by atoms with Gasteiger partial charge in [0.25, 0.3) is 5.91 Å². The second-order valence-corrected chi connectivity index (χ2v) is 20.7. The van der Waals surface area contributed by atoms with Crippen LogP contribution in [-0.2, 0) is 14.4 Å². The maximum Gasteiger partial charge on any atom is 0.256 e. The number of likely N-dealkylation sites (tertiary alicyclic amines) is 1. The fourth-order valence-electron chi connectivity index (χ4n) is 5.87. The van der Waals surface area contributed by atoms with Gasteiger partial charge in [-0.1, -0.05) is 32.4 Å². The fourth-order valence-corrected chi connectivity index (χ4v) is 7.97. The highest BCUT2D eigenvalue weighted by atomic mass is 35.5. The second kappa shape index (κ2) is 12.2. The third-order valence-electron chi connectivity index (χ3n) is 9.22. The van der Waals surface area contributed by atoms with Crippen molar-refractivity contribution in [1.82, 2.24) is 19.5 Å². The standard InChI is InChI=1S/C31H42ClN7O4SSi/c1-20-17-39-28(34-29(20)37-18-21(16-33)27(19-37)43-45(6,7)31(2,3)4)15-25(35-39)26-10-8-9-13-38(26)30(40)23-14-22(32)11-12-24(23)36-44(5,41)42/h11-12,14-15,17,21,26-27,36H,8-10,13,18-19H2,1-7H3/t21-,26-,27?/m0/s1. The Balaban J connectivity index is 1.43. The summed E-state index contributed by atoms with van der Waals surface area (Å²) in [4.78, 5) is 22.8. The minimum absolute atomic E-state index is 0.0362. The van der Waals surface area contributed by atoms with Gasteiger partial charge in [0, 0.05) is 42.5 Å². The third kappa shape index (κ3) is 6.99. The first-order valence-electron chi connectivity index (χ1n) is 15.2. The van der Waals surface area contributed by atoms with Crippen molar-refractivity contribution in [2.45, 2.75) is 77.2 Å². The van der Waals surface area contributed by atoms with Crippen molar-refractivity contribution in [2.24, 2.45) is 5.92 Å². The molecule has 4 heterocycles. The molecule has 11 nitrogen and oxygen atoms in total. The van der Waals surface area contributed by atoms with Crippen LogP contribution in [0, 0.1) is 24.2 Å². The van der Waals surface area contributed by atoms with E-state index in [2.05, 4.69) is 49.6 Å². The topological polar surface area (TPSA) is 133 Å². The molecule has 1 amide bonds. The Bertz CT molecular complexity index is 1770. The summed E-state index contributed by atoms with van der Waals surface area (Å²) in [6, 6.07) is 8.61. The molecule has 0 spiro atoms. The van der Waals surface area contributed by atoms with Gasteiger partial charge in [0.05, 0.1) is 47.3 Å². The summed E-state index contributed by atoms with van der Waals surface area (Å²) in [6.45, 7) is 14.6. The van der Waals surface area contributed by atoms with Crippen molar-refractivity contribution in [1.29, 1.82) is 5.26 Å². The van der Waals surface area contributed by atoms with Gasteiger partial charge in [0.2, 0.25) is 10.0 Å². The zero-order valence-electron chi connectivity index (χ0n) is 27.0. The minimum Gasteiger partial charge on any atom is -0.411 e. The van der Waals surface area contributed by atoms with Gasteiger partial charge in [0.15, 0.2) is 14.0 Å². The molecule has 45 heavy (non-hydrogen) atoms. The molecule has 242 valence electrons. The normalized spacial score (nSPS) is 21.3. The Morgan fingerprint density at radius 1 is 1.20 bits per heavy atom. The number of fused-ring (bicyclic) bond motifs is 1. The Morgan fingerprint density at radius 3 is 2.60 bits per heavy atom. The fraction of sp³-hybridized carbons (Fsp3) is 0.548. The predicted octanol–water partition coefficient (Wildman–Crippen LogP) is 5.78. The molecule has 1 unspecified atom stereocenters. The summed E-state index contributed by atoms with van der Waals surface area (Å²) in [7, 11) is -5.69. The van der Waals surface area contributed by atoms with E-state index < -0.39 is 18.3 Å². The SMILES string of the molecule is Cc1cn2nc([C@@H]3CCCCN3C(=O)c3cc(Cl)ccc3NS(C)(=O)=O)cc2nc1N1CC(O[Si](C)(C)C(C)(C)C)[C@@H](C#N)C1. The van der Waals surface area contributed by atoms with E-state index in [1.807, 2.05) is 19.2 Å². The number of halogens is 1. The quantitative estimate of drug-likeness (QED) is 0.313. The van der Waals surface area contributed by atoms with Crippen LogP contribution in [0.25, 0.3) is 5.65 Å². The molecule has 14 heteroatoms. The number of piperidine rings is 1. The lowest BCUT2D eigenvalue weighted by molar-refractivity contribution is 0.0607. The van der Waals surface area contributed by atoms with Crippen LogP contribution in [-0.4, -0.2) is 74.1 Å². The van der Waals surface area contributed by atoms with Crippen molar-refractivity contribution in [2.75, 3.05) is 35.5 Å². The van der Waals surface area contributed by atoms with Crippen LogP contribution in [0.2, 0.25) is 23.2 Å². The summed E-state index contributed by atoms with van der Waals surface area (Å²) in [5.74, 6) is 0.220. The molecule has 1 N–H and O–H groups in total. The van der Waals surface area contributed by atoms with E-state index in [-0.39, 0.29) is 40.3 Å². The van der Waals surface area contributed by atoms with Gasteiger partial charge in [-0.15, -0.1) is 0 Å². The Morgan fingerprint density at radius 2 is 1.93 bits per heavy atom. The van der Waals surface area contributed by atoms with Gasteiger partial charge in [-0.05, 0) is 62.5 Å². The number of rotatable bonds is 7. The molecular weight excluding hydrogens is 630 g/mol. The van der Waals surface area contributed by atoms with Gasteiger partial charge in [0.1, 0.15) is 5.82 Å². The molecule has 0 aliphatic carbocycles. The number of anilines is 2. The molecule has 0 radical (unpaired) electrons. The average molecular weight is 672 g/mol. The van der Waals surface area contributed by atoms with E-state index >= 15 is 0 Å². The molecule has 2 saturated heterocycles. The number of aromatic nitrogens is 3. The average Bonchev–Trinajstić information content (AvgIpc) is 3.54. The molecule has 0 bridgehead atoms. The Labute approximate surface area is 271 Å². The van der Waals surface area contributed by atoms with Gasteiger partial charge in [-0.3, -0.25) is 9.52 Å². The molecule has 3 aromatic rings. The van der Waals surface area contributed by atoms with Gasteiger partial charge in [-0.25, -0.2) is 17.9 Å². The van der Waals surface area contributed by atoms with Gasteiger partial charge >= 0.3 is 0 Å². The molecule has 2 fully saturated rings. The van der Waals surface area contributed by atoms with Crippen LogP contribution in [0.15, 0.2) is 30.5 Å². The molecule has 1 aromatic carbocycles. The van der Waals surface area contributed by atoms with Crippen molar-refractivity contribution >= 4 is 53.0 Å². The number of hydrogen-bond donors (Lipinski definition) is 1. The highest BCUT2D eigenvalue weighted by molar-refractivity contribution is 7.92. The lowest BCUT2D eigenvalue weighted by Crippen LogP contribution is -2.45. The molecule has 2 aliphatic rings. The van der Waals surface area contributed by atoms with Crippen molar-refractivity contribution in [3.05, 3.63) is 52.3 Å². The molecule has 0 saturated carbocycles. The predicted molar refractivity (Wildman–Crippen MR) is 179 cm³/mol. The Hall–Kier alpha value is -3.18. The van der Waals surface area contributed by atoms with Crippen LogP contribution in [0.4, 0.5) is 11.5 Å². The summed E-state index contributed by atoms with van der Waals surface area (Å²) in [5.41, 5.74) is 2.66. The molecule has 3 atom stereocenters. The molecule has 5 rings (SSSR count). The zero-order valence-corrected chi connectivity index (χ0v) is 29.5. The minimum atomic E-state index is -3.62. The van der Waals surface area contributed by atoms with E-state index in [0.29, 0.717) is 42.4 Å². The van der Waals surface area contributed by atoms with Gasteiger partial charge in [-0.2, -0.15) is 10.4 Å². The summed E-state index contributed by atoms with van der Waals surface area (Å²) < 4.78 is 34.9. The van der Waals surface area contributed by atoms with Crippen LogP contribution < -0.4 is 9.62 Å². The van der Waals surface area contributed by atoms with E-state index in [1.165, 1.54) is 12.1 Å². The third-order valence-corrected chi connectivity index (χ3v) is 14.6. The van der Waals surface area contributed by atoms with E-state index in [0.717, 1.165) is 30.5 Å².